The molecule has 1 unspecified atom stereocenters. The normalized spacial score (nSPS) is 13.6. The molecule has 3 aromatic rings. The number of halogens is 3. The van der Waals surface area contributed by atoms with Gasteiger partial charge < -0.3 is 15.2 Å². The number of nitrogens with zero attached hydrogens (tertiary/aromatic N) is 1. The van der Waals surface area contributed by atoms with Crippen LogP contribution in [0.4, 0.5) is 0 Å². The van der Waals surface area contributed by atoms with Gasteiger partial charge in [-0.25, -0.2) is 8.42 Å². The Bertz CT molecular complexity index is 1530. The standard InChI is InChI=1S/C29H29Cl3N2O6S/c30-22-9-11-27(26(32)16-22)41(38,39)34(12-13-40-24-10-8-19-5-3-6-20(19)15-24)18-28(35)33-23(17-29(36)37)14-21-4-1-2-7-25(21)31/h1-2,4,7-11,15-16,23H,3,5-6,12-14,17-18H2,(H,33,35)(H,36,37). The molecule has 0 spiro atoms. The van der Waals surface area contributed by atoms with Crippen molar-refractivity contribution in [3.8, 4) is 5.75 Å². The van der Waals surface area contributed by atoms with Gasteiger partial charge in [-0.15, -0.1) is 0 Å². The summed E-state index contributed by atoms with van der Waals surface area (Å²) in [6, 6.07) is 15.9. The van der Waals surface area contributed by atoms with E-state index in [0.29, 0.717) is 16.3 Å². The van der Waals surface area contributed by atoms with E-state index >= 15 is 0 Å². The summed E-state index contributed by atoms with van der Waals surface area (Å²) in [5, 5.41) is 12.7. The highest BCUT2D eigenvalue weighted by Gasteiger charge is 2.30. The topological polar surface area (TPSA) is 113 Å². The Labute approximate surface area is 254 Å². The molecule has 8 nitrogen and oxygen atoms in total. The van der Waals surface area contributed by atoms with E-state index in [1.54, 1.807) is 24.3 Å². The Morgan fingerprint density at radius 2 is 1.73 bits per heavy atom. The molecule has 0 heterocycles. The number of carboxylic acid groups (broad SMARTS) is 1. The molecule has 1 aliphatic rings. The Morgan fingerprint density at radius 1 is 0.976 bits per heavy atom. The number of carbonyl (C=O) groups excluding carboxylic acids is 1. The Morgan fingerprint density at radius 3 is 2.46 bits per heavy atom. The fraction of sp³-hybridized carbons (Fsp3) is 0.310. The number of carbonyl (C=O) groups is 2. The molecule has 2 N–H and O–H groups in total. The number of sulfonamides is 1. The number of hydrogen-bond donors (Lipinski definition) is 2. The number of rotatable bonds is 13. The maximum absolute atomic E-state index is 13.6. The summed E-state index contributed by atoms with van der Waals surface area (Å²) in [6.45, 7) is -0.790. The second-order valence-corrected chi connectivity index (χ2v) is 12.9. The predicted octanol–water partition coefficient (Wildman–Crippen LogP) is 5.41. The smallest absolute Gasteiger partial charge is 0.305 e. The number of amides is 1. The van der Waals surface area contributed by atoms with Crippen LogP contribution in [0.5, 0.6) is 5.75 Å². The van der Waals surface area contributed by atoms with Gasteiger partial charge >= 0.3 is 5.97 Å². The maximum atomic E-state index is 13.6. The van der Waals surface area contributed by atoms with Gasteiger partial charge in [-0.3, -0.25) is 9.59 Å². The minimum Gasteiger partial charge on any atom is -0.492 e. The van der Waals surface area contributed by atoms with E-state index in [4.69, 9.17) is 39.5 Å². The fourth-order valence-electron chi connectivity index (χ4n) is 4.76. The van der Waals surface area contributed by atoms with E-state index in [9.17, 15) is 23.1 Å². The summed E-state index contributed by atoms with van der Waals surface area (Å²) in [6.07, 6.45) is 2.84. The molecule has 1 atom stereocenters. The highest BCUT2D eigenvalue weighted by Crippen LogP contribution is 2.29. The second-order valence-electron chi connectivity index (χ2n) is 9.70. The van der Waals surface area contributed by atoms with Gasteiger partial charge in [0.25, 0.3) is 0 Å². The highest BCUT2D eigenvalue weighted by molar-refractivity contribution is 7.89. The van der Waals surface area contributed by atoms with Gasteiger partial charge in [0.15, 0.2) is 0 Å². The minimum absolute atomic E-state index is 0.0331. The summed E-state index contributed by atoms with van der Waals surface area (Å²) in [4.78, 5) is 24.5. The van der Waals surface area contributed by atoms with Crippen LogP contribution < -0.4 is 10.1 Å². The van der Waals surface area contributed by atoms with Crippen molar-refractivity contribution >= 4 is 56.7 Å². The lowest BCUT2D eigenvalue weighted by Crippen LogP contribution is -2.46. The minimum atomic E-state index is -4.27. The zero-order chi connectivity index (χ0) is 29.6. The lowest BCUT2D eigenvalue weighted by molar-refractivity contribution is -0.137. The molecular weight excluding hydrogens is 611 g/mol. The number of carboxylic acids is 1. The molecule has 1 amide bonds. The van der Waals surface area contributed by atoms with E-state index in [2.05, 4.69) is 5.32 Å². The molecule has 0 fully saturated rings. The number of aliphatic carboxylic acids is 1. The van der Waals surface area contributed by atoms with Crippen molar-refractivity contribution in [1.29, 1.82) is 0 Å². The van der Waals surface area contributed by atoms with Crippen LogP contribution in [0.3, 0.4) is 0 Å². The fourth-order valence-corrected chi connectivity index (χ4v) is 7.10. The highest BCUT2D eigenvalue weighted by atomic mass is 35.5. The van der Waals surface area contributed by atoms with Gasteiger partial charge in [-0.2, -0.15) is 4.31 Å². The third-order valence-electron chi connectivity index (χ3n) is 6.72. The molecule has 0 aliphatic heterocycles. The lowest BCUT2D eigenvalue weighted by Gasteiger charge is -2.24. The lowest BCUT2D eigenvalue weighted by atomic mass is 10.0. The first-order valence-electron chi connectivity index (χ1n) is 13.0. The zero-order valence-electron chi connectivity index (χ0n) is 22.0. The zero-order valence-corrected chi connectivity index (χ0v) is 25.1. The van der Waals surface area contributed by atoms with E-state index in [-0.39, 0.29) is 40.9 Å². The Hall–Kier alpha value is -2.82. The average Bonchev–Trinajstić information content (AvgIpc) is 3.37. The first kappa shape index (κ1) is 31.1. The molecule has 0 bridgehead atoms. The first-order chi connectivity index (χ1) is 19.5. The van der Waals surface area contributed by atoms with E-state index in [1.165, 1.54) is 29.3 Å². The number of nitrogens with one attached hydrogen (secondary N) is 1. The van der Waals surface area contributed by atoms with Crippen LogP contribution in [0.25, 0.3) is 0 Å². The van der Waals surface area contributed by atoms with Crippen molar-refractivity contribution in [3.05, 3.63) is 92.4 Å². The maximum Gasteiger partial charge on any atom is 0.305 e. The molecule has 0 saturated carbocycles. The van der Waals surface area contributed by atoms with Crippen LogP contribution >= 0.6 is 34.8 Å². The van der Waals surface area contributed by atoms with Crippen molar-refractivity contribution in [1.82, 2.24) is 9.62 Å². The Kier molecular flexibility index (Phi) is 10.5. The van der Waals surface area contributed by atoms with Crippen LogP contribution in [-0.4, -0.2) is 55.4 Å². The third-order valence-corrected chi connectivity index (χ3v) is 9.65. The average molecular weight is 640 g/mol. The summed E-state index contributed by atoms with van der Waals surface area (Å²) in [5.41, 5.74) is 3.14. The summed E-state index contributed by atoms with van der Waals surface area (Å²) in [7, 11) is -4.27. The van der Waals surface area contributed by atoms with Gasteiger partial charge in [0.1, 0.15) is 17.3 Å². The van der Waals surface area contributed by atoms with E-state index < -0.39 is 34.5 Å². The van der Waals surface area contributed by atoms with Crippen LogP contribution in [-0.2, 0) is 38.9 Å². The molecule has 1 aliphatic carbocycles. The van der Waals surface area contributed by atoms with Gasteiger partial charge in [-0.05, 0) is 78.8 Å². The number of benzene rings is 3. The molecule has 41 heavy (non-hydrogen) atoms. The van der Waals surface area contributed by atoms with E-state index in [0.717, 1.165) is 23.6 Å². The summed E-state index contributed by atoms with van der Waals surface area (Å²) in [5.74, 6) is -1.20. The molecule has 0 saturated heterocycles. The second kappa shape index (κ2) is 13.9. The van der Waals surface area contributed by atoms with Crippen molar-refractivity contribution < 1.29 is 27.9 Å². The van der Waals surface area contributed by atoms with E-state index in [1.807, 2.05) is 18.2 Å². The third kappa shape index (κ3) is 8.36. The number of ether oxygens (including phenoxy) is 1. The largest absolute Gasteiger partial charge is 0.492 e. The quantitative estimate of drug-likeness (QED) is 0.259. The van der Waals surface area contributed by atoms with Crippen molar-refractivity contribution in [2.75, 3.05) is 19.7 Å². The van der Waals surface area contributed by atoms with Crippen LogP contribution in [0.1, 0.15) is 29.5 Å². The summed E-state index contributed by atoms with van der Waals surface area (Å²) < 4.78 is 34.1. The predicted molar refractivity (Wildman–Crippen MR) is 159 cm³/mol. The van der Waals surface area contributed by atoms with Crippen molar-refractivity contribution in [3.63, 3.8) is 0 Å². The molecular formula is C29H29Cl3N2O6S. The molecule has 4 rings (SSSR count). The number of fused-ring (bicyclic) bond motifs is 1. The number of aryl methyl sites for hydroxylation is 2. The molecule has 218 valence electrons. The molecule has 0 aromatic heterocycles. The molecule has 12 heteroatoms. The van der Waals surface area contributed by atoms with Crippen molar-refractivity contribution in [2.24, 2.45) is 0 Å². The Balaban J connectivity index is 1.51. The van der Waals surface area contributed by atoms with Crippen molar-refractivity contribution in [2.45, 2.75) is 43.0 Å². The molecule has 3 aromatic carbocycles. The van der Waals surface area contributed by atoms with Gasteiger partial charge in [0, 0.05) is 22.6 Å². The van der Waals surface area contributed by atoms with Crippen LogP contribution in [0.2, 0.25) is 15.1 Å². The van der Waals surface area contributed by atoms with Gasteiger partial charge in [0.2, 0.25) is 15.9 Å². The van der Waals surface area contributed by atoms with Crippen LogP contribution in [0, 0.1) is 0 Å². The van der Waals surface area contributed by atoms with Gasteiger partial charge in [-0.1, -0.05) is 59.1 Å². The summed E-state index contributed by atoms with van der Waals surface area (Å²) >= 11 is 18.4. The SMILES string of the molecule is O=C(O)CC(Cc1ccccc1Cl)NC(=O)CN(CCOc1ccc2c(c1)CCC2)S(=O)(=O)c1ccc(Cl)cc1Cl. The van der Waals surface area contributed by atoms with Crippen LogP contribution in [0.15, 0.2) is 65.6 Å². The number of hydrogen-bond acceptors (Lipinski definition) is 5. The first-order valence-corrected chi connectivity index (χ1v) is 15.5. The molecule has 0 radical (unpaired) electrons. The van der Waals surface area contributed by atoms with Gasteiger partial charge in [0.05, 0.1) is 18.0 Å². The monoisotopic (exact) mass is 638 g/mol.